The van der Waals surface area contributed by atoms with Gasteiger partial charge < -0.3 is 4.90 Å². The lowest BCUT2D eigenvalue weighted by Crippen LogP contribution is -2.32. The smallest absolute Gasteiger partial charge is 0.250 e. The average Bonchev–Trinajstić information content (AvgIpc) is 3.18. The zero-order valence-corrected chi connectivity index (χ0v) is 16.3. The summed E-state index contributed by atoms with van der Waals surface area (Å²) in [6.45, 7) is 4.65. The van der Waals surface area contributed by atoms with Gasteiger partial charge in [-0.05, 0) is 35.7 Å². The van der Waals surface area contributed by atoms with Crippen molar-refractivity contribution in [3.05, 3.63) is 45.8 Å². The van der Waals surface area contributed by atoms with Crippen LogP contribution in [-0.2, 0) is 27.8 Å². The molecular formula is C17H19ClN2O3S2. The van der Waals surface area contributed by atoms with Crippen LogP contribution in [0.2, 0.25) is 4.34 Å². The molecule has 1 aromatic carbocycles. The van der Waals surface area contributed by atoms with Crippen molar-refractivity contribution in [3.63, 3.8) is 0 Å². The maximum atomic E-state index is 12.3. The molecule has 2 heterocycles. The number of nitrogens with zero attached hydrogens (tertiary/aromatic N) is 1. The van der Waals surface area contributed by atoms with Crippen LogP contribution in [0.25, 0.3) is 0 Å². The van der Waals surface area contributed by atoms with Gasteiger partial charge in [-0.2, -0.15) is 0 Å². The first kappa shape index (κ1) is 18.4. The molecule has 1 aliphatic rings. The molecule has 8 heteroatoms. The maximum absolute atomic E-state index is 12.3. The molecule has 5 nitrogen and oxygen atoms in total. The first-order valence-corrected chi connectivity index (χ1v) is 10.6. The molecule has 1 N–H and O–H groups in total. The van der Waals surface area contributed by atoms with Gasteiger partial charge in [0, 0.05) is 24.7 Å². The molecule has 1 aromatic heterocycles. The standard InChI is InChI=1S/C17H19ClN2O3S2/c1-11(2)17(21)20-8-7-13-9-12(3-4-14(13)20)10-19-25(22,23)16-6-5-15(18)24-16/h3-6,9,11,19H,7-8,10H2,1-2H3. The minimum Gasteiger partial charge on any atom is -0.312 e. The Morgan fingerprint density at radius 3 is 2.72 bits per heavy atom. The molecule has 0 atom stereocenters. The van der Waals surface area contributed by atoms with Crippen molar-refractivity contribution in [1.82, 2.24) is 4.72 Å². The predicted molar refractivity (Wildman–Crippen MR) is 101 cm³/mol. The Balaban J connectivity index is 1.73. The Morgan fingerprint density at radius 2 is 2.08 bits per heavy atom. The van der Waals surface area contributed by atoms with Crippen LogP contribution in [-0.4, -0.2) is 20.9 Å². The van der Waals surface area contributed by atoms with Crippen LogP contribution >= 0.6 is 22.9 Å². The first-order valence-electron chi connectivity index (χ1n) is 7.96. The number of hydrogen-bond donors (Lipinski definition) is 1. The maximum Gasteiger partial charge on any atom is 0.250 e. The lowest BCUT2D eigenvalue weighted by molar-refractivity contribution is -0.121. The van der Waals surface area contributed by atoms with Crippen molar-refractivity contribution in [3.8, 4) is 0 Å². The second-order valence-corrected chi connectivity index (χ2v) is 9.95. The molecule has 2 aromatic rings. The van der Waals surface area contributed by atoms with E-state index in [2.05, 4.69) is 4.72 Å². The van der Waals surface area contributed by atoms with Gasteiger partial charge in [0.15, 0.2) is 0 Å². The normalized spacial score (nSPS) is 14.2. The van der Waals surface area contributed by atoms with E-state index in [9.17, 15) is 13.2 Å². The Labute approximate surface area is 156 Å². The number of amides is 1. The Kier molecular flexibility index (Phi) is 5.20. The van der Waals surface area contributed by atoms with Gasteiger partial charge >= 0.3 is 0 Å². The van der Waals surface area contributed by atoms with Gasteiger partial charge in [-0.3, -0.25) is 4.79 Å². The predicted octanol–water partition coefficient (Wildman–Crippen LogP) is 3.43. The first-order chi connectivity index (χ1) is 11.8. The molecule has 0 bridgehead atoms. The van der Waals surface area contributed by atoms with Gasteiger partial charge in [0.05, 0.1) is 4.34 Å². The minimum atomic E-state index is -3.57. The van der Waals surface area contributed by atoms with E-state index in [1.165, 1.54) is 6.07 Å². The fourth-order valence-electron chi connectivity index (χ4n) is 2.80. The summed E-state index contributed by atoms with van der Waals surface area (Å²) in [4.78, 5) is 14.0. The van der Waals surface area contributed by atoms with Crippen LogP contribution in [0.4, 0.5) is 5.69 Å². The van der Waals surface area contributed by atoms with E-state index in [1.54, 1.807) is 6.07 Å². The molecule has 134 valence electrons. The van der Waals surface area contributed by atoms with E-state index in [4.69, 9.17) is 11.6 Å². The lowest BCUT2D eigenvalue weighted by Gasteiger charge is -2.19. The van der Waals surface area contributed by atoms with Gasteiger partial charge in [0.25, 0.3) is 0 Å². The fourth-order valence-corrected chi connectivity index (χ4v) is 5.34. The highest BCUT2D eigenvalue weighted by atomic mass is 35.5. The molecule has 0 saturated heterocycles. The molecule has 0 saturated carbocycles. The summed E-state index contributed by atoms with van der Waals surface area (Å²) in [6.07, 6.45) is 0.787. The van der Waals surface area contributed by atoms with Crippen molar-refractivity contribution < 1.29 is 13.2 Å². The second-order valence-electron chi connectivity index (χ2n) is 6.24. The van der Waals surface area contributed by atoms with Gasteiger partial charge in [-0.25, -0.2) is 13.1 Å². The third-order valence-corrected chi connectivity index (χ3v) is 7.20. The molecule has 0 spiro atoms. The van der Waals surface area contributed by atoms with E-state index in [1.807, 2.05) is 36.9 Å². The van der Waals surface area contributed by atoms with Gasteiger partial charge in [0.1, 0.15) is 4.21 Å². The summed E-state index contributed by atoms with van der Waals surface area (Å²) in [5.74, 6) is 0.0665. The van der Waals surface area contributed by atoms with Gasteiger partial charge in [-0.15, -0.1) is 11.3 Å². The Hall–Kier alpha value is -1.41. The largest absolute Gasteiger partial charge is 0.312 e. The molecule has 25 heavy (non-hydrogen) atoms. The highest BCUT2D eigenvalue weighted by molar-refractivity contribution is 7.91. The summed E-state index contributed by atoms with van der Waals surface area (Å²) < 4.78 is 27.7. The Morgan fingerprint density at radius 1 is 1.32 bits per heavy atom. The van der Waals surface area contributed by atoms with Crippen LogP contribution in [0.15, 0.2) is 34.5 Å². The van der Waals surface area contributed by atoms with E-state index >= 15 is 0 Å². The molecule has 0 fully saturated rings. The SMILES string of the molecule is CC(C)C(=O)N1CCc2cc(CNS(=O)(=O)c3ccc(Cl)s3)ccc21. The molecule has 1 aliphatic heterocycles. The zero-order valence-electron chi connectivity index (χ0n) is 14.0. The monoisotopic (exact) mass is 398 g/mol. The minimum absolute atomic E-state index is 0.0462. The third-order valence-electron chi connectivity index (χ3n) is 4.08. The van der Waals surface area contributed by atoms with E-state index in [0.29, 0.717) is 10.9 Å². The van der Waals surface area contributed by atoms with Crippen molar-refractivity contribution in [2.75, 3.05) is 11.4 Å². The highest BCUT2D eigenvalue weighted by Crippen LogP contribution is 2.30. The third kappa shape index (κ3) is 3.89. The summed E-state index contributed by atoms with van der Waals surface area (Å²) in [5, 5.41) is 0. The topological polar surface area (TPSA) is 66.5 Å². The van der Waals surface area contributed by atoms with Crippen LogP contribution < -0.4 is 9.62 Å². The van der Waals surface area contributed by atoms with E-state index in [0.717, 1.165) is 34.6 Å². The van der Waals surface area contributed by atoms with Crippen molar-refractivity contribution in [2.45, 2.75) is 31.0 Å². The molecule has 1 amide bonds. The number of nitrogens with one attached hydrogen (secondary N) is 1. The van der Waals surface area contributed by atoms with Gasteiger partial charge in [-0.1, -0.05) is 37.6 Å². The van der Waals surface area contributed by atoms with Crippen molar-refractivity contribution >= 4 is 44.6 Å². The molecule has 0 unspecified atom stereocenters. The number of carbonyl (C=O) groups excluding carboxylic acids is 1. The molecule has 0 aliphatic carbocycles. The number of thiophene rings is 1. The van der Waals surface area contributed by atoms with Crippen LogP contribution in [0.1, 0.15) is 25.0 Å². The Bertz CT molecular complexity index is 906. The van der Waals surface area contributed by atoms with Crippen LogP contribution in [0, 0.1) is 5.92 Å². The quantitative estimate of drug-likeness (QED) is 0.839. The van der Waals surface area contributed by atoms with Crippen molar-refractivity contribution in [1.29, 1.82) is 0 Å². The number of sulfonamides is 1. The number of carbonyl (C=O) groups is 1. The second kappa shape index (κ2) is 7.07. The van der Waals surface area contributed by atoms with E-state index in [-0.39, 0.29) is 22.6 Å². The molecule has 0 radical (unpaired) electrons. The van der Waals surface area contributed by atoms with Crippen LogP contribution in [0.3, 0.4) is 0 Å². The van der Waals surface area contributed by atoms with Gasteiger partial charge in [0.2, 0.25) is 15.9 Å². The number of halogens is 1. The number of hydrogen-bond acceptors (Lipinski definition) is 4. The summed E-state index contributed by atoms with van der Waals surface area (Å²) in [5.41, 5.74) is 2.86. The summed E-state index contributed by atoms with van der Waals surface area (Å²) >= 11 is 6.83. The number of benzene rings is 1. The molecule has 3 rings (SSSR count). The number of anilines is 1. The molecular weight excluding hydrogens is 380 g/mol. The summed E-state index contributed by atoms with van der Waals surface area (Å²) in [7, 11) is -3.57. The van der Waals surface area contributed by atoms with Crippen LogP contribution in [0.5, 0.6) is 0 Å². The lowest BCUT2D eigenvalue weighted by atomic mass is 10.1. The average molecular weight is 399 g/mol. The number of fused-ring (bicyclic) bond motifs is 1. The van der Waals surface area contributed by atoms with E-state index < -0.39 is 10.0 Å². The van der Waals surface area contributed by atoms with Crippen molar-refractivity contribution in [2.24, 2.45) is 5.92 Å². The highest BCUT2D eigenvalue weighted by Gasteiger charge is 2.26. The zero-order chi connectivity index (χ0) is 18.2. The summed E-state index contributed by atoms with van der Waals surface area (Å²) in [6, 6.07) is 8.78. The number of rotatable bonds is 5. The fraction of sp³-hybridized carbons (Fsp3) is 0.353.